The molecule has 6 heteroatoms. The van der Waals surface area contributed by atoms with Gasteiger partial charge in [-0.05, 0) is 110 Å². The number of carboxylic acids is 1. The first-order chi connectivity index (χ1) is 18.9. The summed E-state index contributed by atoms with van der Waals surface area (Å²) in [7, 11) is 1.62. The Labute approximate surface area is 236 Å². The van der Waals surface area contributed by atoms with Crippen molar-refractivity contribution in [3.63, 3.8) is 0 Å². The van der Waals surface area contributed by atoms with Crippen molar-refractivity contribution in [2.24, 2.45) is 0 Å². The Kier molecular flexibility index (Phi) is 8.19. The Hall–Kier alpha value is -4.32. The van der Waals surface area contributed by atoms with E-state index in [9.17, 15) is 14.7 Å². The van der Waals surface area contributed by atoms with Gasteiger partial charge in [-0.3, -0.25) is 4.90 Å². The van der Waals surface area contributed by atoms with Crippen molar-refractivity contribution < 1.29 is 24.2 Å². The molecule has 0 heterocycles. The lowest BCUT2D eigenvalue weighted by Crippen LogP contribution is -2.38. The molecule has 0 spiro atoms. The monoisotopic (exact) mass is 539 g/mol. The van der Waals surface area contributed by atoms with Gasteiger partial charge in [0, 0.05) is 6.54 Å². The number of ether oxygens (including phenoxy) is 2. The molecule has 1 unspecified atom stereocenters. The average Bonchev–Trinajstić information content (AvgIpc) is 2.90. The molecule has 0 bridgehead atoms. The van der Waals surface area contributed by atoms with E-state index < -0.39 is 17.7 Å². The van der Waals surface area contributed by atoms with Crippen molar-refractivity contribution in [3.8, 4) is 16.9 Å². The number of carbonyl (C=O) groups excluding carboxylic acids is 1. The fraction of sp³-hybridized carbons (Fsp3) is 0.294. The van der Waals surface area contributed by atoms with E-state index in [0.29, 0.717) is 23.4 Å². The Bertz CT molecular complexity index is 1570. The third-order valence-corrected chi connectivity index (χ3v) is 7.12. The first-order valence-corrected chi connectivity index (χ1v) is 13.4. The molecule has 6 nitrogen and oxygen atoms in total. The van der Waals surface area contributed by atoms with E-state index in [4.69, 9.17) is 9.47 Å². The molecule has 1 N–H and O–H groups in total. The smallest absolute Gasteiger partial charge is 0.411 e. The lowest BCUT2D eigenvalue weighted by molar-refractivity contribution is 0.0152. The number of fused-ring (bicyclic) bond motifs is 1. The van der Waals surface area contributed by atoms with E-state index in [1.54, 1.807) is 12.0 Å². The van der Waals surface area contributed by atoms with E-state index in [-0.39, 0.29) is 6.04 Å². The summed E-state index contributed by atoms with van der Waals surface area (Å²) in [6.07, 6.45) is -0.419. The quantitative estimate of drug-likeness (QED) is 0.255. The number of nitrogens with zero attached hydrogens (tertiary/aromatic N) is 1. The molecule has 4 aromatic carbocycles. The number of hydrogen-bond acceptors (Lipinski definition) is 4. The minimum atomic E-state index is -0.944. The predicted molar refractivity (Wildman–Crippen MR) is 159 cm³/mol. The van der Waals surface area contributed by atoms with Crippen LogP contribution in [-0.4, -0.2) is 34.8 Å². The van der Waals surface area contributed by atoms with Crippen molar-refractivity contribution >= 4 is 22.8 Å². The van der Waals surface area contributed by atoms with Gasteiger partial charge in [0.2, 0.25) is 0 Å². The molecule has 0 fully saturated rings. The molecule has 4 aromatic rings. The van der Waals surface area contributed by atoms with Crippen LogP contribution < -0.4 is 4.74 Å². The van der Waals surface area contributed by atoms with E-state index >= 15 is 0 Å². The number of aromatic carboxylic acids is 1. The Morgan fingerprint density at radius 3 is 2.33 bits per heavy atom. The number of aryl methyl sites for hydroxylation is 1. The number of methoxy groups -OCH3 is 1. The second kappa shape index (κ2) is 11.4. The number of carboxylic acid groups (broad SMARTS) is 1. The average molecular weight is 540 g/mol. The molecule has 1 atom stereocenters. The lowest BCUT2D eigenvalue weighted by Gasteiger charge is -2.32. The van der Waals surface area contributed by atoms with Crippen molar-refractivity contribution in [1.29, 1.82) is 0 Å². The summed E-state index contributed by atoms with van der Waals surface area (Å²) in [4.78, 5) is 27.4. The summed E-state index contributed by atoms with van der Waals surface area (Å²) in [6, 6.07) is 23.4. The highest BCUT2D eigenvalue weighted by molar-refractivity contribution is 6.01. The van der Waals surface area contributed by atoms with Crippen LogP contribution in [0.5, 0.6) is 5.75 Å². The summed E-state index contributed by atoms with van der Waals surface area (Å²) in [5, 5.41) is 11.9. The first kappa shape index (κ1) is 28.7. The molecule has 0 radical (unpaired) electrons. The Morgan fingerprint density at radius 2 is 1.65 bits per heavy atom. The number of hydrogen-bond donors (Lipinski definition) is 1. The molecule has 1 amide bonds. The van der Waals surface area contributed by atoms with Crippen molar-refractivity contribution in [2.75, 3.05) is 7.11 Å². The van der Waals surface area contributed by atoms with Crippen LogP contribution in [0.1, 0.15) is 66.3 Å². The molecule has 0 aliphatic rings. The largest absolute Gasteiger partial charge is 0.497 e. The molecule has 4 rings (SSSR count). The second-order valence-electron chi connectivity index (χ2n) is 11.2. The van der Waals surface area contributed by atoms with Gasteiger partial charge in [-0.15, -0.1) is 0 Å². The maximum atomic E-state index is 13.6. The van der Waals surface area contributed by atoms with Crippen LogP contribution in [-0.2, 0) is 11.3 Å². The van der Waals surface area contributed by atoms with E-state index in [1.807, 2.05) is 102 Å². The van der Waals surface area contributed by atoms with Crippen LogP contribution in [0.2, 0.25) is 0 Å². The highest BCUT2D eigenvalue weighted by atomic mass is 16.6. The number of carbonyl (C=O) groups is 2. The van der Waals surface area contributed by atoms with Crippen LogP contribution in [0.4, 0.5) is 4.79 Å². The molecule has 40 heavy (non-hydrogen) atoms. The van der Waals surface area contributed by atoms with Gasteiger partial charge in [-0.1, -0.05) is 48.5 Å². The molecular formula is C34H37NO5. The van der Waals surface area contributed by atoms with Crippen LogP contribution in [0.3, 0.4) is 0 Å². The highest BCUT2D eigenvalue weighted by Gasteiger charge is 2.28. The van der Waals surface area contributed by atoms with Gasteiger partial charge in [-0.25, -0.2) is 9.59 Å². The first-order valence-electron chi connectivity index (χ1n) is 13.4. The predicted octanol–water partition coefficient (Wildman–Crippen LogP) is 8.33. The fourth-order valence-electron chi connectivity index (χ4n) is 5.11. The van der Waals surface area contributed by atoms with E-state index in [1.165, 1.54) is 0 Å². The molecule has 0 saturated carbocycles. The summed E-state index contributed by atoms with van der Waals surface area (Å²) in [5.41, 5.74) is 4.69. The normalized spacial score (nSPS) is 12.2. The molecule has 208 valence electrons. The van der Waals surface area contributed by atoms with Gasteiger partial charge < -0.3 is 14.6 Å². The van der Waals surface area contributed by atoms with Gasteiger partial charge in [0.1, 0.15) is 11.4 Å². The van der Waals surface area contributed by atoms with Crippen LogP contribution >= 0.6 is 0 Å². The molecule has 0 aliphatic carbocycles. The summed E-state index contributed by atoms with van der Waals surface area (Å²) >= 11 is 0. The lowest BCUT2D eigenvalue weighted by atomic mass is 9.89. The Balaban J connectivity index is 1.85. The SMILES string of the molecule is COc1cccc(C(C)N(Cc2cc(-c3ccc(C)c(C(=O)O)c3C)c3ccccc3c2)C(=O)OC(C)(C)C)c1. The maximum Gasteiger partial charge on any atom is 0.411 e. The summed E-state index contributed by atoms with van der Waals surface area (Å²) in [6.45, 7) is 11.5. The van der Waals surface area contributed by atoms with Gasteiger partial charge in [0.05, 0.1) is 18.7 Å². The van der Waals surface area contributed by atoms with Crippen LogP contribution in [0.15, 0.2) is 72.8 Å². The standard InChI is InChI=1S/C34H37NO5/c1-21-15-16-28(22(2)31(21)32(36)37)30-18-24(17-26-11-8-9-14-29(26)30)20-35(33(38)40-34(4,5)6)23(3)25-12-10-13-27(19-25)39-7/h8-19,23H,20H2,1-7H3,(H,36,37). The maximum absolute atomic E-state index is 13.6. The molecule has 0 aliphatic heterocycles. The second-order valence-corrected chi connectivity index (χ2v) is 11.2. The van der Waals surface area contributed by atoms with Crippen molar-refractivity contribution in [3.05, 3.63) is 101 Å². The van der Waals surface area contributed by atoms with Crippen LogP contribution in [0, 0.1) is 13.8 Å². The molecule has 0 aromatic heterocycles. The van der Waals surface area contributed by atoms with Gasteiger partial charge in [-0.2, -0.15) is 0 Å². The summed E-state index contributed by atoms with van der Waals surface area (Å²) in [5.74, 6) is -0.230. The minimum Gasteiger partial charge on any atom is -0.497 e. The van der Waals surface area contributed by atoms with Gasteiger partial charge in [0.15, 0.2) is 0 Å². The minimum absolute atomic E-state index is 0.293. The Morgan fingerprint density at radius 1 is 0.925 bits per heavy atom. The summed E-state index contributed by atoms with van der Waals surface area (Å²) < 4.78 is 11.3. The zero-order chi connectivity index (χ0) is 29.2. The highest BCUT2D eigenvalue weighted by Crippen LogP contribution is 2.36. The number of amides is 1. The number of rotatable bonds is 7. The van der Waals surface area contributed by atoms with E-state index in [0.717, 1.165) is 38.6 Å². The van der Waals surface area contributed by atoms with Gasteiger partial charge >= 0.3 is 12.1 Å². The zero-order valence-corrected chi connectivity index (χ0v) is 24.2. The number of benzene rings is 4. The van der Waals surface area contributed by atoms with Crippen LogP contribution in [0.25, 0.3) is 21.9 Å². The molecular weight excluding hydrogens is 502 g/mol. The fourth-order valence-corrected chi connectivity index (χ4v) is 5.11. The molecule has 0 saturated heterocycles. The topological polar surface area (TPSA) is 76.1 Å². The van der Waals surface area contributed by atoms with Crippen molar-refractivity contribution in [2.45, 2.75) is 59.7 Å². The van der Waals surface area contributed by atoms with Gasteiger partial charge in [0.25, 0.3) is 0 Å². The zero-order valence-electron chi connectivity index (χ0n) is 24.2. The third kappa shape index (κ3) is 6.12. The van der Waals surface area contributed by atoms with Crippen molar-refractivity contribution in [1.82, 2.24) is 4.90 Å². The third-order valence-electron chi connectivity index (χ3n) is 7.12. The van der Waals surface area contributed by atoms with E-state index in [2.05, 4.69) is 12.1 Å².